The largest absolute Gasteiger partial charge is 0.372 e. The van der Waals surface area contributed by atoms with Crippen LogP contribution in [0.5, 0.6) is 0 Å². The molecular weight excluding hydrogens is 166 g/mol. The van der Waals surface area contributed by atoms with Crippen molar-refractivity contribution in [3.05, 3.63) is 18.0 Å². The second-order valence-corrected chi connectivity index (χ2v) is 3.20. The number of rotatable bonds is 5. The fraction of sp³-hybridized carbons (Fsp3) is 0.667. The van der Waals surface area contributed by atoms with Gasteiger partial charge in [-0.1, -0.05) is 0 Å². The Hall–Kier alpha value is -0.870. The molecule has 0 spiro atoms. The van der Waals surface area contributed by atoms with Gasteiger partial charge in [-0.15, -0.1) is 0 Å². The van der Waals surface area contributed by atoms with E-state index in [4.69, 9.17) is 4.74 Å². The van der Waals surface area contributed by atoms with Crippen LogP contribution in [0.1, 0.15) is 12.5 Å². The van der Waals surface area contributed by atoms with Crippen LogP contribution in [0, 0.1) is 0 Å². The third-order valence-electron chi connectivity index (χ3n) is 1.78. The van der Waals surface area contributed by atoms with Crippen molar-refractivity contribution >= 4 is 0 Å². The number of likely N-dealkylation sites (N-methyl/N-ethyl adjacent to an activating group) is 1. The van der Waals surface area contributed by atoms with E-state index in [0.717, 1.165) is 12.1 Å². The van der Waals surface area contributed by atoms with Gasteiger partial charge < -0.3 is 10.1 Å². The topological polar surface area (TPSA) is 39.1 Å². The van der Waals surface area contributed by atoms with Gasteiger partial charge in [0, 0.05) is 25.4 Å². The summed E-state index contributed by atoms with van der Waals surface area (Å²) in [5.41, 5.74) is 1.12. The highest BCUT2D eigenvalue weighted by Crippen LogP contribution is 2.01. The van der Waals surface area contributed by atoms with E-state index in [1.807, 2.05) is 33.4 Å². The average Bonchev–Trinajstić information content (AvgIpc) is 2.49. The fourth-order valence-electron chi connectivity index (χ4n) is 1.13. The Labute approximate surface area is 78.9 Å². The van der Waals surface area contributed by atoms with Gasteiger partial charge in [-0.25, -0.2) is 0 Å². The lowest BCUT2D eigenvalue weighted by molar-refractivity contribution is 0.0545. The summed E-state index contributed by atoms with van der Waals surface area (Å²) in [6, 6.07) is 0. The monoisotopic (exact) mass is 183 g/mol. The molecule has 0 amide bonds. The number of hydrogen-bond acceptors (Lipinski definition) is 3. The maximum atomic E-state index is 5.57. The van der Waals surface area contributed by atoms with Gasteiger partial charge in [-0.3, -0.25) is 4.68 Å². The molecule has 1 unspecified atom stereocenters. The molecule has 1 heterocycles. The smallest absolute Gasteiger partial charge is 0.0751 e. The van der Waals surface area contributed by atoms with Gasteiger partial charge in [0.25, 0.3) is 0 Å². The fourth-order valence-corrected chi connectivity index (χ4v) is 1.13. The lowest BCUT2D eigenvalue weighted by Crippen LogP contribution is -2.23. The molecule has 0 radical (unpaired) electrons. The molecule has 4 heteroatoms. The highest BCUT2D eigenvalue weighted by Gasteiger charge is 2.01. The summed E-state index contributed by atoms with van der Waals surface area (Å²) in [5, 5.41) is 7.12. The Morgan fingerprint density at radius 1 is 1.69 bits per heavy atom. The van der Waals surface area contributed by atoms with Gasteiger partial charge in [0.05, 0.1) is 18.9 Å². The molecular formula is C9H17N3O. The van der Waals surface area contributed by atoms with Crippen LogP contribution >= 0.6 is 0 Å². The molecule has 0 aromatic carbocycles. The van der Waals surface area contributed by atoms with Crippen LogP contribution < -0.4 is 5.32 Å². The normalized spacial score (nSPS) is 13.2. The van der Waals surface area contributed by atoms with Crippen LogP contribution in [0.4, 0.5) is 0 Å². The van der Waals surface area contributed by atoms with Crippen LogP contribution in [0.3, 0.4) is 0 Å². The highest BCUT2D eigenvalue weighted by molar-refractivity contribution is 5.01. The molecule has 0 aliphatic heterocycles. The Morgan fingerprint density at radius 3 is 3.00 bits per heavy atom. The molecule has 1 N–H and O–H groups in total. The summed E-state index contributed by atoms with van der Waals surface area (Å²) in [6.45, 7) is 3.56. The molecule has 0 saturated carbocycles. The van der Waals surface area contributed by atoms with Crippen molar-refractivity contribution in [1.82, 2.24) is 15.1 Å². The van der Waals surface area contributed by atoms with E-state index in [1.54, 1.807) is 4.68 Å². The zero-order chi connectivity index (χ0) is 9.68. The van der Waals surface area contributed by atoms with E-state index in [9.17, 15) is 0 Å². The number of aromatic nitrogens is 2. The van der Waals surface area contributed by atoms with Crippen molar-refractivity contribution in [3.63, 3.8) is 0 Å². The van der Waals surface area contributed by atoms with Gasteiger partial charge in [-0.05, 0) is 14.0 Å². The highest BCUT2D eigenvalue weighted by atomic mass is 16.5. The first kappa shape index (κ1) is 10.2. The molecule has 0 saturated heterocycles. The quantitative estimate of drug-likeness (QED) is 0.724. The lowest BCUT2D eigenvalue weighted by atomic mass is 10.3. The van der Waals surface area contributed by atoms with Crippen molar-refractivity contribution in [2.45, 2.75) is 19.6 Å². The van der Waals surface area contributed by atoms with Gasteiger partial charge in [0.1, 0.15) is 0 Å². The van der Waals surface area contributed by atoms with Crippen molar-refractivity contribution < 1.29 is 4.74 Å². The molecule has 1 rings (SSSR count). The van der Waals surface area contributed by atoms with E-state index in [0.29, 0.717) is 6.61 Å². The van der Waals surface area contributed by atoms with Gasteiger partial charge in [0.15, 0.2) is 0 Å². The average molecular weight is 183 g/mol. The summed E-state index contributed by atoms with van der Waals surface area (Å²) in [7, 11) is 3.82. The first-order valence-electron chi connectivity index (χ1n) is 4.46. The Bertz CT molecular complexity index is 247. The van der Waals surface area contributed by atoms with Crippen molar-refractivity contribution in [2.75, 3.05) is 13.6 Å². The number of hydrogen-bond donors (Lipinski definition) is 1. The molecule has 0 fully saturated rings. The first-order valence-corrected chi connectivity index (χ1v) is 4.46. The summed E-state index contributed by atoms with van der Waals surface area (Å²) in [4.78, 5) is 0. The zero-order valence-corrected chi connectivity index (χ0v) is 8.45. The Balaban J connectivity index is 2.26. The van der Waals surface area contributed by atoms with Gasteiger partial charge in [0.2, 0.25) is 0 Å². The Kier molecular flexibility index (Phi) is 3.92. The molecule has 0 bridgehead atoms. The Morgan fingerprint density at radius 2 is 2.46 bits per heavy atom. The number of aryl methyl sites for hydroxylation is 1. The zero-order valence-electron chi connectivity index (χ0n) is 8.45. The SMILES string of the molecule is CNCC(C)OCc1cnn(C)c1. The molecule has 0 aliphatic carbocycles. The van der Waals surface area contributed by atoms with Crippen LogP contribution in [0.15, 0.2) is 12.4 Å². The van der Waals surface area contributed by atoms with E-state index >= 15 is 0 Å². The molecule has 0 aliphatic rings. The minimum Gasteiger partial charge on any atom is -0.372 e. The number of ether oxygens (including phenoxy) is 1. The van der Waals surface area contributed by atoms with E-state index < -0.39 is 0 Å². The standard InChI is InChI=1S/C9H17N3O/c1-8(4-10-2)13-7-9-5-11-12(3)6-9/h5-6,8,10H,4,7H2,1-3H3. The molecule has 1 atom stereocenters. The number of nitrogens with zero attached hydrogens (tertiary/aromatic N) is 2. The summed E-state index contributed by atoms with van der Waals surface area (Å²) < 4.78 is 7.35. The number of nitrogens with one attached hydrogen (secondary N) is 1. The minimum atomic E-state index is 0.241. The van der Waals surface area contributed by atoms with E-state index in [2.05, 4.69) is 10.4 Å². The summed E-state index contributed by atoms with van der Waals surface area (Å²) in [5.74, 6) is 0. The van der Waals surface area contributed by atoms with Crippen LogP contribution in [-0.2, 0) is 18.4 Å². The van der Waals surface area contributed by atoms with Crippen molar-refractivity contribution in [1.29, 1.82) is 0 Å². The first-order chi connectivity index (χ1) is 6.22. The molecule has 74 valence electrons. The second-order valence-electron chi connectivity index (χ2n) is 3.20. The maximum absolute atomic E-state index is 5.57. The van der Waals surface area contributed by atoms with Gasteiger partial charge >= 0.3 is 0 Å². The summed E-state index contributed by atoms with van der Waals surface area (Å²) >= 11 is 0. The summed E-state index contributed by atoms with van der Waals surface area (Å²) in [6.07, 6.45) is 4.03. The molecule has 4 nitrogen and oxygen atoms in total. The van der Waals surface area contributed by atoms with Crippen LogP contribution in [0.2, 0.25) is 0 Å². The van der Waals surface area contributed by atoms with Crippen molar-refractivity contribution in [3.8, 4) is 0 Å². The van der Waals surface area contributed by atoms with Crippen LogP contribution in [0.25, 0.3) is 0 Å². The molecule has 1 aromatic rings. The predicted molar refractivity (Wildman–Crippen MR) is 51.4 cm³/mol. The van der Waals surface area contributed by atoms with Crippen LogP contribution in [-0.4, -0.2) is 29.5 Å². The lowest BCUT2D eigenvalue weighted by Gasteiger charge is -2.10. The van der Waals surface area contributed by atoms with Gasteiger partial charge in [-0.2, -0.15) is 5.10 Å². The van der Waals surface area contributed by atoms with Crippen molar-refractivity contribution in [2.24, 2.45) is 7.05 Å². The second kappa shape index (κ2) is 4.99. The minimum absolute atomic E-state index is 0.241. The van der Waals surface area contributed by atoms with E-state index in [1.165, 1.54) is 0 Å². The maximum Gasteiger partial charge on any atom is 0.0751 e. The third kappa shape index (κ3) is 3.57. The third-order valence-corrected chi connectivity index (χ3v) is 1.78. The predicted octanol–water partition coefficient (Wildman–Crippen LogP) is 0.545. The molecule has 13 heavy (non-hydrogen) atoms. The van der Waals surface area contributed by atoms with E-state index in [-0.39, 0.29) is 6.10 Å². The molecule has 1 aromatic heterocycles.